The lowest BCUT2D eigenvalue weighted by molar-refractivity contribution is -0.117. The third kappa shape index (κ3) is 5.68. The maximum atomic E-state index is 12.0. The van der Waals surface area contributed by atoms with Crippen LogP contribution in [0, 0.1) is 0 Å². The van der Waals surface area contributed by atoms with E-state index < -0.39 is 11.9 Å². The number of aromatic nitrogens is 3. The lowest BCUT2D eigenvalue weighted by Gasteiger charge is -2.11. The summed E-state index contributed by atoms with van der Waals surface area (Å²) in [6.45, 7) is 2.80. The number of rotatable bonds is 7. The summed E-state index contributed by atoms with van der Waals surface area (Å²) in [6, 6.07) is 17.3. The van der Waals surface area contributed by atoms with E-state index in [2.05, 4.69) is 36.8 Å². The lowest BCUT2D eigenvalue weighted by atomic mass is 10.2. The van der Waals surface area contributed by atoms with Crippen LogP contribution < -0.4 is 10.6 Å². The van der Waals surface area contributed by atoms with E-state index in [0.29, 0.717) is 24.1 Å². The van der Waals surface area contributed by atoms with Gasteiger partial charge in [0.2, 0.25) is 5.91 Å². The topological polar surface area (TPSA) is 88.9 Å². The molecule has 1 aromatic heterocycles. The average Bonchev–Trinajstić information content (AvgIpc) is 3.10. The minimum Gasteiger partial charge on any atom is -0.338 e. The molecule has 1 heterocycles. The second-order valence-corrected chi connectivity index (χ2v) is 7.85. The molecular weight excluding hydrogens is 454 g/mol. The first-order valence-corrected chi connectivity index (χ1v) is 10.8. The Balaban J connectivity index is 1.84. The van der Waals surface area contributed by atoms with Gasteiger partial charge in [0.15, 0.2) is 11.0 Å². The third-order valence-electron chi connectivity index (χ3n) is 3.94. The molecule has 0 atom stereocenters. The zero-order valence-corrected chi connectivity index (χ0v) is 18.2. The average molecular weight is 474 g/mol. The molecule has 0 bridgehead atoms. The lowest BCUT2D eigenvalue weighted by Crippen LogP contribution is -2.40. The largest absolute Gasteiger partial charge is 0.338 e. The van der Waals surface area contributed by atoms with Crippen molar-refractivity contribution in [2.45, 2.75) is 18.6 Å². The van der Waals surface area contributed by atoms with Gasteiger partial charge in [-0.05, 0) is 18.6 Å². The molecule has 0 aliphatic heterocycles. The number of nitrogens with one attached hydrogen (secondary N) is 2. The van der Waals surface area contributed by atoms with E-state index in [1.165, 1.54) is 11.8 Å². The van der Waals surface area contributed by atoms with Gasteiger partial charge in [-0.2, -0.15) is 0 Å². The minimum atomic E-state index is -0.502. The smallest absolute Gasteiger partial charge is 0.321 e. The van der Waals surface area contributed by atoms with Gasteiger partial charge in [-0.15, -0.1) is 10.2 Å². The summed E-state index contributed by atoms with van der Waals surface area (Å²) >= 11 is 4.81. The molecule has 0 saturated carbocycles. The molecule has 0 fully saturated rings. The Morgan fingerprint density at radius 2 is 1.79 bits per heavy atom. The van der Waals surface area contributed by atoms with Crippen molar-refractivity contribution in [3.63, 3.8) is 0 Å². The molecule has 3 rings (SSSR count). The second-order valence-electron chi connectivity index (χ2n) is 6.05. The normalized spacial score (nSPS) is 10.6. The van der Waals surface area contributed by atoms with Gasteiger partial charge in [-0.1, -0.05) is 76.2 Å². The van der Waals surface area contributed by atoms with Crippen molar-refractivity contribution in [2.24, 2.45) is 0 Å². The highest BCUT2D eigenvalue weighted by molar-refractivity contribution is 9.10. The predicted molar refractivity (Wildman–Crippen MR) is 117 cm³/mol. The van der Waals surface area contributed by atoms with Crippen molar-refractivity contribution in [3.05, 3.63) is 64.6 Å². The van der Waals surface area contributed by atoms with E-state index >= 15 is 0 Å². The molecule has 0 saturated heterocycles. The number of imide groups is 1. The molecule has 2 aromatic carbocycles. The van der Waals surface area contributed by atoms with E-state index in [1.54, 1.807) is 6.92 Å². The predicted octanol–water partition coefficient (Wildman–Crippen LogP) is 3.69. The molecule has 29 heavy (non-hydrogen) atoms. The van der Waals surface area contributed by atoms with Crippen LogP contribution in [0.25, 0.3) is 11.4 Å². The summed E-state index contributed by atoms with van der Waals surface area (Å²) in [6.07, 6.45) is 0. The maximum absolute atomic E-state index is 12.0. The number of nitrogens with zero attached hydrogens (tertiary/aromatic N) is 3. The number of benzene rings is 2. The highest BCUT2D eigenvalue weighted by atomic mass is 79.9. The number of hydrogen-bond donors (Lipinski definition) is 2. The van der Waals surface area contributed by atoms with Crippen LogP contribution in [0.15, 0.2) is 64.2 Å². The summed E-state index contributed by atoms with van der Waals surface area (Å²) in [5.41, 5.74) is 2.00. The molecule has 9 heteroatoms. The second kappa shape index (κ2) is 10.2. The Hall–Kier alpha value is -2.65. The van der Waals surface area contributed by atoms with Crippen LogP contribution >= 0.6 is 27.7 Å². The van der Waals surface area contributed by atoms with Crippen LogP contribution in [0.1, 0.15) is 12.5 Å². The van der Waals surface area contributed by atoms with Crippen LogP contribution in [-0.2, 0) is 11.3 Å². The summed E-state index contributed by atoms with van der Waals surface area (Å²) < 4.78 is 2.88. The monoisotopic (exact) mass is 473 g/mol. The Bertz CT molecular complexity index is 994. The van der Waals surface area contributed by atoms with Gasteiger partial charge in [0, 0.05) is 16.6 Å². The molecule has 0 radical (unpaired) electrons. The Morgan fingerprint density at radius 1 is 1.07 bits per heavy atom. The van der Waals surface area contributed by atoms with Crippen molar-refractivity contribution >= 4 is 39.6 Å². The molecule has 3 aromatic rings. The van der Waals surface area contributed by atoms with Crippen LogP contribution in [0.5, 0.6) is 0 Å². The first-order valence-electron chi connectivity index (χ1n) is 9.01. The fraction of sp³-hybridized carbons (Fsp3) is 0.200. The molecular formula is C20H20BrN5O2S. The van der Waals surface area contributed by atoms with E-state index in [1.807, 2.05) is 59.2 Å². The molecule has 7 nitrogen and oxygen atoms in total. The van der Waals surface area contributed by atoms with Crippen LogP contribution in [0.2, 0.25) is 0 Å². The number of carbonyl (C=O) groups excluding carboxylic acids is 2. The number of amides is 3. The van der Waals surface area contributed by atoms with Gasteiger partial charge < -0.3 is 5.32 Å². The zero-order chi connectivity index (χ0) is 20.6. The van der Waals surface area contributed by atoms with Crippen molar-refractivity contribution in [3.8, 4) is 11.4 Å². The fourth-order valence-corrected chi connectivity index (χ4v) is 3.84. The standard InChI is InChI=1S/C20H20BrN5O2S/c1-2-22-19(28)23-17(27)13-29-20-25-24-18(15-10-6-7-11-16(15)21)26(20)12-14-8-4-3-5-9-14/h3-11H,2,12-13H2,1H3,(H2,22,23,27,28). The number of carbonyl (C=O) groups is 2. The first kappa shape index (κ1) is 21.1. The van der Waals surface area contributed by atoms with Crippen molar-refractivity contribution < 1.29 is 9.59 Å². The summed E-state index contributed by atoms with van der Waals surface area (Å²) in [5, 5.41) is 14.1. The quantitative estimate of drug-likeness (QED) is 0.510. The molecule has 0 aliphatic carbocycles. The number of thioether (sulfide) groups is 1. The van der Waals surface area contributed by atoms with Gasteiger partial charge in [0.1, 0.15) is 0 Å². The number of urea groups is 1. The van der Waals surface area contributed by atoms with E-state index in [4.69, 9.17) is 0 Å². The zero-order valence-electron chi connectivity index (χ0n) is 15.8. The molecule has 0 spiro atoms. The maximum Gasteiger partial charge on any atom is 0.321 e. The van der Waals surface area contributed by atoms with Crippen LogP contribution in [-0.4, -0.2) is 39.0 Å². The van der Waals surface area contributed by atoms with Gasteiger partial charge in [-0.3, -0.25) is 14.7 Å². The third-order valence-corrected chi connectivity index (χ3v) is 5.60. The van der Waals surface area contributed by atoms with E-state index in [0.717, 1.165) is 15.6 Å². The Labute approximate surface area is 181 Å². The van der Waals surface area contributed by atoms with E-state index in [9.17, 15) is 9.59 Å². The highest BCUT2D eigenvalue weighted by Crippen LogP contribution is 2.30. The molecule has 0 aliphatic rings. The highest BCUT2D eigenvalue weighted by Gasteiger charge is 2.18. The molecule has 3 amide bonds. The van der Waals surface area contributed by atoms with E-state index in [-0.39, 0.29) is 5.75 Å². The minimum absolute atomic E-state index is 0.0556. The van der Waals surface area contributed by atoms with Crippen LogP contribution in [0.3, 0.4) is 0 Å². The fourth-order valence-electron chi connectivity index (χ4n) is 2.64. The SMILES string of the molecule is CCNC(=O)NC(=O)CSc1nnc(-c2ccccc2Br)n1Cc1ccccc1. The van der Waals surface area contributed by atoms with Gasteiger partial charge in [-0.25, -0.2) is 4.79 Å². The first-order chi connectivity index (χ1) is 14.1. The Morgan fingerprint density at radius 3 is 2.52 bits per heavy atom. The van der Waals surface area contributed by atoms with Crippen molar-refractivity contribution in [1.82, 2.24) is 25.4 Å². The summed E-state index contributed by atoms with van der Waals surface area (Å²) in [5.74, 6) is 0.366. The van der Waals surface area contributed by atoms with Gasteiger partial charge >= 0.3 is 6.03 Å². The van der Waals surface area contributed by atoms with Gasteiger partial charge in [0.25, 0.3) is 0 Å². The summed E-state index contributed by atoms with van der Waals surface area (Å²) in [7, 11) is 0. The van der Waals surface area contributed by atoms with Gasteiger partial charge in [0.05, 0.1) is 12.3 Å². The molecule has 2 N–H and O–H groups in total. The van der Waals surface area contributed by atoms with Crippen LogP contribution in [0.4, 0.5) is 4.79 Å². The number of hydrogen-bond acceptors (Lipinski definition) is 5. The molecule has 150 valence electrons. The number of halogens is 1. The summed E-state index contributed by atoms with van der Waals surface area (Å²) in [4.78, 5) is 23.6. The van der Waals surface area contributed by atoms with Crippen molar-refractivity contribution in [2.75, 3.05) is 12.3 Å². The molecule has 0 unspecified atom stereocenters. The van der Waals surface area contributed by atoms with Crippen molar-refractivity contribution in [1.29, 1.82) is 0 Å². The Kier molecular flexibility index (Phi) is 7.42.